The minimum Gasteiger partial charge on any atom is -0.495 e. The molecular weight excluding hydrogens is 378 g/mol. The summed E-state index contributed by atoms with van der Waals surface area (Å²) in [5.41, 5.74) is 2.00. The molecule has 0 aromatic heterocycles. The second-order valence-electron chi connectivity index (χ2n) is 5.71. The van der Waals surface area contributed by atoms with Crippen molar-refractivity contribution in [2.45, 2.75) is 17.4 Å². The van der Waals surface area contributed by atoms with E-state index in [0.717, 1.165) is 5.56 Å². The number of hydrazone groups is 1. The number of carbonyl (C=O) groups is 1. The van der Waals surface area contributed by atoms with Gasteiger partial charge in [-0.1, -0.05) is 23.7 Å². The van der Waals surface area contributed by atoms with Gasteiger partial charge in [-0.15, -0.1) is 0 Å². The van der Waals surface area contributed by atoms with Gasteiger partial charge in [0.05, 0.1) is 18.9 Å². The Morgan fingerprint density at radius 3 is 2.54 bits per heavy atom. The van der Waals surface area contributed by atoms with E-state index in [9.17, 15) is 13.2 Å². The molecule has 7 nitrogen and oxygen atoms in total. The number of benzene rings is 2. The number of rotatable bonds is 5. The van der Waals surface area contributed by atoms with Gasteiger partial charge in [-0.25, -0.2) is 18.6 Å². The zero-order chi connectivity index (χ0) is 18.9. The molecule has 1 aliphatic heterocycles. The van der Waals surface area contributed by atoms with Crippen LogP contribution in [0.1, 0.15) is 23.6 Å². The molecule has 0 aliphatic carbocycles. The van der Waals surface area contributed by atoms with Gasteiger partial charge in [0.2, 0.25) is 16.4 Å². The molecule has 1 unspecified atom stereocenters. The highest BCUT2D eigenvalue weighted by Crippen LogP contribution is 2.33. The minimum atomic E-state index is -3.96. The van der Waals surface area contributed by atoms with Crippen molar-refractivity contribution < 1.29 is 17.9 Å². The van der Waals surface area contributed by atoms with E-state index in [1.165, 1.54) is 24.3 Å². The highest BCUT2D eigenvalue weighted by molar-refractivity contribution is 7.89. The highest BCUT2D eigenvalue weighted by Gasteiger charge is 2.29. The normalized spacial score (nSPS) is 17.1. The molecule has 1 amide bonds. The number of halogens is 1. The van der Waals surface area contributed by atoms with E-state index in [-0.39, 0.29) is 16.7 Å². The van der Waals surface area contributed by atoms with Crippen molar-refractivity contribution in [2.75, 3.05) is 7.11 Å². The Hall–Kier alpha value is -2.42. The lowest BCUT2D eigenvalue weighted by atomic mass is 9.98. The van der Waals surface area contributed by atoms with Crippen molar-refractivity contribution >= 4 is 33.7 Å². The van der Waals surface area contributed by atoms with Crippen LogP contribution in [-0.2, 0) is 14.8 Å². The van der Waals surface area contributed by atoms with Crippen molar-refractivity contribution in [3.63, 3.8) is 0 Å². The molecule has 0 fully saturated rings. The van der Waals surface area contributed by atoms with Crippen LogP contribution in [0.15, 0.2) is 52.5 Å². The number of hydrogen-bond donors (Lipinski definition) is 1. The summed E-state index contributed by atoms with van der Waals surface area (Å²) in [7, 11) is -2.60. The predicted molar refractivity (Wildman–Crippen MR) is 97.6 cm³/mol. The van der Waals surface area contributed by atoms with Gasteiger partial charge in [-0.3, -0.25) is 4.79 Å². The second kappa shape index (κ2) is 7.06. The summed E-state index contributed by atoms with van der Waals surface area (Å²) < 4.78 is 28.6. The third-order valence-electron chi connectivity index (χ3n) is 4.11. The molecule has 0 bridgehead atoms. The first-order valence-corrected chi connectivity index (χ1v) is 9.53. The van der Waals surface area contributed by atoms with E-state index in [1.54, 1.807) is 18.2 Å². The predicted octanol–water partition coefficient (Wildman–Crippen LogP) is 2.30. The number of nitrogens with zero attached hydrogens (tertiary/aromatic N) is 2. The molecule has 2 aromatic rings. The van der Waals surface area contributed by atoms with Crippen LogP contribution in [0, 0.1) is 0 Å². The zero-order valence-electron chi connectivity index (χ0n) is 13.8. The number of hydrogen-bond acceptors (Lipinski definition) is 5. The van der Waals surface area contributed by atoms with Crippen LogP contribution in [0.4, 0.5) is 0 Å². The van der Waals surface area contributed by atoms with Gasteiger partial charge < -0.3 is 4.74 Å². The second-order valence-corrected chi connectivity index (χ2v) is 7.68. The van der Waals surface area contributed by atoms with Crippen LogP contribution in [-0.4, -0.2) is 32.7 Å². The van der Waals surface area contributed by atoms with Crippen molar-refractivity contribution in [2.24, 2.45) is 10.2 Å². The van der Waals surface area contributed by atoms with Crippen LogP contribution in [0.3, 0.4) is 0 Å². The average molecular weight is 394 g/mol. The summed E-state index contributed by atoms with van der Waals surface area (Å²) in [4.78, 5) is 11.3. The number of sulfonamides is 1. The van der Waals surface area contributed by atoms with E-state index in [4.69, 9.17) is 21.5 Å². The summed E-state index contributed by atoms with van der Waals surface area (Å²) in [6.45, 7) is 0. The first-order chi connectivity index (χ1) is 12.3. The summed E-state index contributed by atoms with van der Waals surface area (Å²) in [6, 6.07) is 11.4. The molecule has 26 heavy (non-hydrogen) atoms. The summed E-state index contributed by atoms with van der Waals surface area (Å²) >= 11 is 5.91. The van der Waals surface area contributed by atoms with Gasteiger partial charge in [0.25, 0.3) is 0 Å². The van der Waals surface area contributed by atoms with Gasteiger partial charge in [-0.05, 0) is 41.5 Å². The number of amides is 1. The topological polar surface area (TPSA) is 102 Å². The van der Waals surface area contributed by atoms with Gasteiger partial charge in [-0.2, -0.15) is 5.10 Å². The van der Waals surface area contributed by atoms with Crippen molar-refractivity contribution in [1.82, 2.24) is 5.01 Å². The molecule has 3 rings (SSSR count). The molecule has 2 N–H and O–H groups in total. The maximum Gasteiger partial charge on any atom is 0.241 e. The standard InChI is InChI=1S/C17H16ClN3O4S/c1-25-16-7-4-12(8-17(16)26(19,23)24)14-9-15(21(10-22)20-14)11-2-5-13(18)6-3-11/h2-8,10,15H,9H2,1H3,(H2,19,23,24). The van der Waals surface area contributed by atoms with E-state index >= 15 is 0 Å². The van der Waals surface area contributed by atoms with E-state index in [0.29, 0.717) is 29.1 Å². The number of ether oxygens (including phenoxy) is 1. The molecule has 136 valence electrons. The molecule has 0 saturated heterocycles. The number of primary sulfonamides is 1. The lowest BCUT2D eigenvalue weighted by molar-refractivity contribution is -0.119. The fourth-order valence-corrected chi connectivity index (χ4v) is 3.68. The maximum atomic E-state index is 11.8. The van der Waals surface area contributed by atoms with Crippen LogP contribution in [0.5, 0.6) is 5.75 Å². The number of carbonyl (C=O) groups excluding carboxylic acids is 1. The molecule has 2 aromatic carbocycles. The Labute approximate surface area is 156 Å². The molecular formula is C17H16ClN3O4S. The molecule has 9 heteroatoms. The lowest BCUT2D eigenvalue weighted by Crippen LogP contribution is -2.17. The fraction of sp³-hybridized carbons (Fsp3) is 0.176. The third-order valence-corrected chi connectivity index (χ3v) is 5.29. The van der Waals surface area contributed by atoms with Crippen molar-refractivity contribution in [1.29, 1.82) is 0 Å². The molecule has 1 heterocycles. The Morgan fingerprint density at radius 1 is 1.27 bits per heavy atom. The Balaban J connectivity index is 1.98. The van der Waals surface area contributed by atoms with Crippen molar-refractivity contribution in [3.8, 4) is 5.75 Å². The van der Waals surface area contributed by atoms with Crippen LogP contribution in [0.2, 0.25) is 5.02 Å². The Kier molecular flexibility index (Phi) is 4.99. The average Bonchev–Trinajstić information content (AvgIpc) is 3.05. The summed E-state index contributed by atoms with van der Waals surface area (Å²) in [5.74, 6) is 0.149. The Bertz CT molecular complexity index is 974. The van der Waals surface area contributed by atoms with Gasteiger partial charge in [0.1, 0.15) is 10.6 Å². The smallest absolute Gasteiger partial charge is 0.241 e. The van der Waals surface area contributed by atoms with E-state index < -0.39 is 10.0 Å². The van der Waals surface area contributed by atoms with Gasteiger partial charge >= 0.3 is 0 Å². The van der Waals surface area contributed by atoms with Crippen LogP contribution >= 0.6 is 11.6 Å². The SMILES string of the molecule is COc1ccc(C2=NN(C=O)C(c3ccc(Cl)cc3)C2)cc1S(N)(=O)=O. The zero-order valence-corrected chi connectivity index (χ0v) is 15.4. The minimum absolute atomic E-state index is 0.132. The summed E-state index contributed by atoms with van der Waals surface area (Å²) in [6.07, 6.45) is 1.06. The lowest BCUT2D eigenvalue weighted by Gasteiger charge is -2.17. The molecule has 1 atom stereocenters. The van der Waals surface area contributed by atoms with Gasteiger partial charge in [0, 0.05) is 11.4 Å². The Morgan fingerprint density at radius 2 is 1.96 bits per heavy atom. The quantitative estimate of drug-likeness (QED) is 0.787. The first kappa shape index (κ1) is 18.4. The van der Waals surface area contributed by atoms with E-state index in [1.807, 2.05) is 12.1 Å². The molecule has 1 aliphatic rings. The van der Waals surface area contributed by atoms with Crippen molar-refractivity contribution in [3.05, 3.63) is 58.6 Å². The van der Waals surface area contributed by atoms with Crippen LogP contribution in [0.25, 0.3) is 0 Å². The number of methoxy groups -OCH3 is 1. The molecule has 0 radical (unpaired) electrons. The first-order valence-electron chi connectivity index (χ1n) is 7.61. The number of nitrogens with two attached hydrogens (primary N) is 1. The monoisotopic (exact) mass is 393 g/mol. The maximum absolute atomic E-state index is 11.8. The fourth-order valence-electron chi connectivity index (χ4n) is 2.83. The van der Waals surface area contributed by atoms with Gasteiger partial charge in [0.15, 0.2) is 0 Å². The van der Waals surface area contributed by atoms with E-state index in [2.05, 4.69) is 5.10 Å². The molecule has 0 saturated carbocycles. The summed E-state index contributed by atoms with van der Waals surface area (Å²) in [5, 5.41) is 11.5. The third kappa shape index (κ3) is 3.57. The van der Waals surface area contributed by atoms with Crippen LogP contribution < -0.4 is 9.88 Å². The largest absolute Gasteiger partial charge is 0.495 e. The highest BCUT2D eigenvalue weighted by atomic mass is 35.5. The molecule has 0 spiro atoms.